The van der Waals surface area contributed by atoms with Gasteiger partial charge in [0.2, 0.25) is 10.0 Å². The van der Waals surface area contributed by atoms with E-state index in [0.29, 0.717) is 12.2 Å². The molecule has 0 aliphatic heterocycles. The normalized spacial score (nSPS) is 12.2. The van der Waals surface area contributed by atoms with Crippen molar-refractivity contribution in [3.05, 3.63) is 17.1 Å². The molecule has 1 aromatic carbocycles. The van der Waals surface area contributed by atoms with Crippen molar-refractivity contribution in [1.29, 1.82) is 0 Å². The summed E-state index contributed by atoms with van der Waals surface area (Å²) in [5, 5.41) is 4.04. The average Bonchev–Trinajstić information content (AvgIpc) is 2.68. The van der Waals surface area contributed by atoms with Crippen molar-refractivity contribution in [2.75, 3.05) is 37.4 Å². The molecule has 0 amide bonds. The van der Waals surface area contributed by atoms with Gasteiger partial charge in [-0.3, -0.25) is 0 Å². The molecule has 0 saturated carbocycles. The number of fused-ring (bicyclic) bond motifs is 1. The lowest BCUT2D eigenvalue weighted by atomic mass is 10.2. The number of nitrogens with two attached hydrogens (primary N) is 1. The van der Waals surface area contributed by atoms with Crippen molar-refractivity contribution in [3.8, 4) is 0 Å². The van der Waals surface area contributed by atoms with Crippen molar-refractivity contribution in [2.24, 2.45) is 0 Å². The third-order valence-electron chi connectivity index (χ3n) is 2.90. The van der Waals surface area contributed by atoms with Gasteiger partial charge in [-0.15, -0.1) is 11.3 Å². The molecule has 1 heterocycles. The zero-order valence-electron chi connectivity index (χ0n) is 11.7. The predicted octanol–water partition coefficient (Wildman–Crippen LogP) is 1.49. The number of nitrogens with one attached hydrogen (secondary N) is 1. The fraction of sp³-hybridized carbons (Fsp3) is 0.417. The molecule has 20 heavy (non-hydrogen) atoms. The van der Waals surface area contributed by atoms with E-state index in [0.717, 1.165) is 20.9 Å². The number of nitrogens with zero attached hydrogens (tertiary/aromatic N) is 2. The fourth-order valence-electron chi connectivity index (χ4n) is 1.76. The molecule has 8 heteroatoms. The first-order chi connectivity index (χ1) is 9.29. The van der Waals surface area contributed by atoms with Crippen molar-refractivity contribution >= 4 is 43.0 Å². The van der Waals surface area contributed by atoms with Gasteiger partial charge in [0, 0.05) is 20.6 Å². The quantitative estimate of drug-likeness (QED) is 0.816. The predicted molar refractivity (Wildman–Crippen MR) is 84.7 cm³/mol. The number of benzene rings is 1. The smallest absolute Gasteiger partial charge is 0.215 e. The summed E-state index contributed by atoms with van der Waals surface area (Å²) in [7, 11) is -0.160. The summed E-state index contributed by atoms with van der Waals surface area (Å²) in [6.45, 7) is 2.25. The first kappa shape index (κ1) is 15.0. The minimum Gasteiger partial charge on any atom is -0.397 e. The second kappa shape index (κ2) is 5.55. The van der Waals surface area contributed by atoms with Crippen molar-refractivity contribution in [3.63, 3.8) is 0 Å². The van der Waals surface area contributed by atoms with Gasteiger partial charge in [-0.1, -0.05) is 0 Å². The molecule has 0 spiro atoms. The minimum atomic E-state index is -3.20. The highest BCUT2D eigenvalue weighted by molar-refractivity contribution is 7.89. The maximum absolute atomic E-state index is 11.7. The highest BCUT2D eigenvalue weighted by Gasteiger charge is 2.13. The number of rotatable bonds is 5. The van der Waals surface area contributed by atoms with Gasteiger partial charge >= 0.3 is 0 Å². The van der Waals surface area contributed by atoms with E-state index >= 15 is 0 Å². The number of sulfonamides is 1. The van der Waals surface area contributed by atoms with Gasteiger partial charge in [-0.25, -0.2) is 17.7 Å². The first-order valence-electron chi connectivity index (χ1n) is 6.10. The van der Waals surface area contributed by atoms with E-state index in [1.807, 2.05) is 19.1 Å². The molecule has 3 N–H and O–H groups in total. The van der Waals surface area contributed by atoms with Crippen LogP contribution in [0.5, 0.6) is 0 Å². The van der Waals surface area contributed by atoms with Crippen LogP contribution in [0.4, 0.5) is 11.4 Å². The van der Waals surface area contributed by atoms with Crippen LogP contribution in [0.2, 0.25) is 0 Å². The van der Waals surface area contributed by atoms with Crippen molar-refractivity contribution in [2.45, 2.75) is 6.92 Å². The number of thiazole rings is 1. The summed E-state index contributed by atoms with van der Waals surface area (Å²) in [5.41, 5.74) is 8.16. The summed E-state index contributed by atoms with van der Waals surface area (Å²) in [6, 6.07) is 3.72. The van der Waals surface area contributed by atoms with Gasteiger partial charge in [0.25, 0.3) is 0 Å². The Hall–Kier alpha value is -1.38. The van der Waals surface area contributed by atoms with Gasteiger partial charge in [0.15, 0.2) is 0 Å². The number of hydrogen-bond donors (Lipinski definition) is 2. The van der Waals surface area contributed by atoms with Crippen LogP contribution in [0.3, 0.4) is 0 Å². The van der Waals surface area contributed by atoms with Crippen LogP contribution in [0, 0.1) is 6.92 Å². The molecule has 110 valence electrons. The molecule has 0 aliphatic carbocycles. The molecule has 0 atom stereocenters. The summed E-state index contributed by atoms with van der Waals surface area (Å²) < 4.78 is 25.6. The molecule has 0 radical (unpaired) electrons. The van der Waals surface area contributed by atoms with Crippen molar-refractivity contribution < 1.29 is 8.42 Å². The van der Waals surface area contributed by atoms with E-state index < -0.39 is 10.0 Å². The van der Waals surface area contributed by atoms with E-state index in [9.17, 15) is 8.42 Å². The van der Waals surface area contributed by atoms with E-state index in [1.165, 1.54) is 18.4 Å². The Balaban J connectivity index is 2.12. The molecule has 1 aromatic heterocycles. The number of anilines is 2. The van der Waals surface area contributed by atoms with Crippen LogP contribution in [-0.2, 0) is 10.0 Å². The summed E-state index contributed by atoms with van der Waals surface area (Å²) in [6.07, 6.45) is 0. The van der Waals surface area contributed by atoms with Gasteiger partial charge in [0.05, 0.1) is 32.4 Å². The van der Waals surface area contributed by atoms with Crippen LogP contribution in [0.15, 0.2) is 12.1 Å². The van der Waals surface area contributed by atoms with Gasteiger partial charge in [-0.05, 0) is 19.1 Å². The number of aromatic nitrogens is 1. The Morgan fingerprint density at radius 2 is 2.10 bits per heavy atom. The lowest BCUT2D eigenvalue weighted by Crippen LogP contribution is -2.28. The first-order valence-corrected chi connectivity index (χ1v) is 8.53. The lowest BCUT2D eigenvalue weighted by Gasteiger charge is -2.13. The third kappa shape index (κ3) is 3.20. The van der Waals surface area contributed by atoms with Crippen LogP contribution < -0.4 is 11.1 Å². The molecular weight excluding hydrogens is 296 g/mol. The van der Waals surface area contributed by atoms with Crippen LogP contribution >= 0.6 is 11.3 Å². The van der Waals surface area contributed by atoms with E-state index in [4.69, 9.17) is 5.73 Å². The van der Waals surface area contributed by atoms with E-state index in [2.05, 4.69) is 10.3 Å². The second-order valence-corrected chi connectivity index (χ2v) is 8.20. The summed E-state index contributed by atoms with van der Waals surface area (Å²) >= 11 is 1.59. The van der Waals surface area contributed by atoms with Crippen LogP contribution in [0.25, 0.3) is 10.2 Å². The molecule has 0 fully saturated rings. The molecule has 6 nitrogen and oxygen atoms in total. The fourth-order valence-corrected chi connectivity index (χ4v) is 3.34. The molecule has 0 unspecified atom stereocenters. The van der Waals surface area contributed by atoms with Crippen LogP contribution in [-0.4, -0.2) is 44.1 Å². The average molecular weight is 314 g/mol. The third-order valence-corrected chi connectivity index (χ3v) is 5.66. The van der Waals surface area contributed by atoms with Gasteiger partial charge < -0.3 is 11.1 Å². The van der Waals surface area contributed by atoms with Gasteiger partial charge in [0.1, 0.15) is 0 Å². The monoisotopic (exact) mass is 314 g/mol. The standard InChI is InChI=1S/C12H18N4O2S2/c1-8-15-11-7-10(9(13)6-12(11)19-8)14-4-5-20(17,18)16(2)3/h6-7,14H,4-5,13H2,1-3H3. The molecule has 0 bridgehead atoms. The Kier molecular flexibility index (Phi) is 4.17. The molecule has 0 saturated heterocycles. The van der Waals surface area contributed by atoms with E-state index in [-0.39, 0.29) is 5.75 Å². The topological polar surface area (TPSA) is 88.3 Å². The number of nitrogen functional groups attached to an aromatic ring is 1. The Labute approximate surface area is 122 Å². The summed E-state index contributed by atoms with van der Waals surface area (Å²) in [5.74, 6) is 0.0214. The Bertz CT molecular complexity index is 722. The number of aryl methyl sites for hydroxylation is 1. The second-order valence-electron chi connectivity index (χ2n) is 4.67. The molecule has 2 aromatic rings. The highest BCUT2D eigenvalue weighted by Crippen LogP contribution is 2.29. The lowest BCUT2D eigenvalue weighted by molar-refractivity contribution is 0.521. The van der Waals surface area contributed by atoms with Crippen LogP contribution in [0.1, 0.15) is 5.01 Å². The zero-order chi connectivity index (χ0) is 14.9. The largest absolute Gasteiger partial charge is 0.397 e. The minimum absolute atomic E-state index is 0.0214. The molecule has 2 rings (SSSR count). The molecular formula is C12H18N4O2S2. The molecule has 0 aliphatic rings. The van der Waals surface area contributed by atoms with Gasteiger partial charge in [-0.2, -0.15) is 0 Å². The summed E-state index contributed by atoms with van der Waals surface area (Å²) in [4.78, 5) is 4.40. The highest BCUT2D eigenvalue weighted by atomic mass is 32.2. The Morgan fingerprint density at radius 3 is 2.75 bits per heavy atom. The number of hydrogen-bond acceptors (Lipinski definition) is 6. The van der Waals surface area contributed by atoms with Crippen molar-refractivity contribution in [1.82, 2.24) is 9.29 Å². The SMILES string of the molecule is Cc1nc2cc(NCCS(=O)(=O)N(C)C)c(N)cc2s1. The Morgan fingerprint density at radius 1 is 1.40 bits per heavy atom. The maximum atomic E-state index is 11.7. The zero-order valence-corrected chi connectivity index (χ0v) is 13.3. The van der Waals surface area contributed by atoms with E-state index in [1.54, 1.807) is 11.3 Å². The maximum Gasteiger partial charge on any atom is 0.215 e.